The second-order valence-electron chi connectivity index (χ2n) is 4.54. The van der Waals surface area contributed by atoms with Crippen LogP contribution in [0.1, 0.15) is 5.56 Å². The van der Waals surface area contributed by atoms with Crippen LogP contribution in [0.25, 0.3) is 11.0 Å². The van der Waals surface area contributed by atoms with E-state index < -0.39 is 0 Å². The van der Waals surface area contributed by atoms with Gasteiger partial charge in [0.15, 0.2) is 5.65 Å². The maximum atomic E-state index is 4.29. The normalized spacial score (nSPS) is 11.2. The predicted molar refractivity (Wildman–Crippen MR) is 79.5 cm³/mol. The molecule has 0 bridgehead atoms. The maximum Gasteiger partial charge on any atom is 0.164 e. The first kappa shape index (κ1) is 13.0. The van der Waals surface area contributed by atoms with Crippen LogP contribution in [0, 0.1) is 6.92 Å². The Balaban J connectivity index is 1.77. The van der Waals surface area contributed by atoms with E-state index >= 15 is 0 Å². The number of anilines is 1. The summed E-state index contributed by atoms with van der Waals surface area (Å²) in [7, 11) is 1.86. The first-order valence-corrected chi connectivity index (χ1v) is 7.00. The molecule has 1 N–H and O–H groups in total. The molecule has 20 heavy (non-hydrogen) atoms. The van der Waals surface area contributed by atoms with E-state index in [0.717, 1.165) is 40.1 Å². The summed E-state index contributed by atoms with van der Waals surface area (Å²) in [6, 6.07) is 0. The highest BCUT2D eigenvalue weighted by molar-refractivity contribution is 9.10. The molecule has 0 spiro atoms. The third-order valence-corrected chi connectivity index (χ3v) is 3.53. The quantitative estimate of drug-likeness (QED) is 0.786. The van der Waals surface area contributed by atoms with E-state index in [-0.39, 0.29) is 0 Å². The molecule has 7 nitrogen and oxygen atoms in total. The van der Waals surface area contributed by atoms with Gasteiger partial charge in [-0.15, -0.1) is 0 Å². The molecule has 0 aromatic carbocycles. The first-order valence-electron chi connectivity index (χ1n) is 6.21. The minimum atomic E-state index is 0.731. The van der Waals surface area contributed by atoms with Gasteiger partial charge in [-0.2, -0.15) is 10.2 Å². The van der Waals surface area contributed by atoms with Gasteiger partial charge in [0.25, 0.3) is 0 Å². The predicted octanol–water partition coefficient (Wildman–Crippen LogP) is 1.74. The Morgan fingerprint density at radius 1 is 1.35 bits per heavy atom. The fraction of sp³-hybridized carbons (Fsp3) is 0.333. The van der Waals surface area contributed by atoms with Crippen LogP contribution in [0.5, 0.6) is 0 Å². The topological polar surface area (TPSA) is 73.5 Å². The Morgan fingerprint density at radius 2 is 2.20 bits per heavy atom. The lowest BCUT2D eigenvalue weighted by atomic mass is 10.4. The summed E-state index contributed by atoms with van der Waals surface area (Å²) in [5.74, 6) is 0.777. The van der Waals surface area contributed by atoms with Crippen molar-refractivity contribution in [3.63, 3.8) is 0 Å². The van der Waals surface area contributed by atoms with Crippen LogP contribution in [-0.2, 0) is 13.6 Å². The summed E-state index contributed by atoms with van der Waals surface area (Å²) in [6.07, 6.45) is 5.40. The third-order valence-electron chi connectivity index (χ3n) is 2.97. The Morgan fingerprint density at radius 3 is 2.95 bits per heavy atom. The van der Waals surface area contributed by atoms with Crippen molar-refractivity contribution in [3.05, 3.63) is 28.9 Å². The van der Waals surface area contributed by atoms with Gasteiger partial charge in [-0.05, 0) is 28.4 Å². The molecule has 8 heteroatoms. The van der Waals surface area contributed by atoms with Crippen molar-refractivity contribution in [1.82, 2.24) is 29.5 Å². The highest BCUT2D eigenvalue weighted by Gasteiger charge is 2.12. The molecule has 0 saturated carbocycles. The van der Waals surface area contributed by atoms with Gasteiger partial charge in [0.1, 0.15) is 16.7 Å². The van der Waals surface area contributed by atoms with Gasteiger partial charge < -0.3 is 5.32 Å². The lowest BCUT2D eigenvalue weighted by molar-refractivity contribution is 0.637. The van der Waals surface area contributed by atoms with Gasteiger partial charge >= 0.3 is 0 Å². The van der Waals surface area contributed by atoms with Crippen molar-refractivity contribution in [3.8, 4) is 0 Å². The lowest BCUT2D eigenvalue weighted by Crippen LogP contribution is -2.12. The molecule has 3 aromatic heterocycles. The van der Waals surface area contributed by atoms with Gasteiger partial charge in [0.2, 0.25) is 0 Å². The minimum absolute atomic E-state index is 0.731. The van der Waals surface area contributed by atoms with Crippen molar-refractivity contribution in [2.45, 2.75) is 13.5 Å². The van der Waals surface area contributed by atoms with Gasteiger partial charge in [0.05, 0.1) is 18.1 Å². The van der Waals surface area contributed by atoms with E-state index in [4.69, 9.17) is 0 Å². The number of nitrogens with zero attached hydrogens (tertiary/aromatic N) is 6. The molecule has 0 saturated heterocycles. The Bertz CT molecular complexity index is 745. The molecule has 3 aromatic rings. The van der Waals surface area contributed by atoms with Gasteiger partial charge in [-0.25, -0.2) is 14.6 Å². The van der Waals surface area contributed by atoms with E-state index in [0.29, 0.717) is 0 Å². The molecule has 3 heterocycles. The summed E-state index contributed by atoms with van der Waals surface area (Å²) in [6.45, 7) is 3.53. The number of rotatable bonds is 4. The summed E-state index contributed by atoms with van der Waals surface area (Å²) in [4.78, 5) is 8.52. The molecule has 0 aliphatic rings. The standard InChI is InChI=1S/C12H14BrN7/c1-8-5-17-20(6-8)4-3-14-11-9-10(13)18-19(2)12(9)16-7-15-11/h5-7H,3-4H2,1-2H3,(H,14,15,16). The molecule has 0 fully saturated rings. The van der Waals surface area contributed by atoms with E-state index in [1.54, 1.807) is 4.68 Å². The van der Waals surface area contributed by atoms with E-state index in [2.05, 4.69) is 41.4 Å². The zero-order valence-electron chi connectivity index (χ0n) is 11.2. The van der Waals surface area contributed by atoms with Crippen molar-refractivity contribution < 1.29 is 0 Å². The van der Waals surface area contributed by atoms with Gasteiger partial charge in [0, 0.05) is 19.8 Å². The minimum Gasteiger partial charge on any atom is -0.367 e. The van der Waals surface area contributed by atoms with Crippen molar-refractivity contribution in [1.29, 1.82) is 0 Å². The molecular weight excluding hydrogens is 322 g/mol. The monoisotopic (exact) mass is 335 g/mol. The number of nitrogens with one attached hydrogen (secondary N) is 1. The van der Waals surface area contributed by atoms with Crippen LogP contribution in [0.3, 0.4) is 0 Å². The number of hydrogen-bond acceptors (Lipinski definition) is 5. The second kappa shape index (κ2) is 5.20. The zero-order chi connectivity index (χ0) is 14.1. The molecule has 0 aliphatic heterocycles. The molecular formula is C12H14BrN7. The Kier molecular flexibility index (Phi) is 3.39. The first-order chi connectivity index (χ1) is 9.65. The highest BCUT2D eigenvalue weighted by Crippen LogP contribution is 2.26. The second-order valence-corrected chi connectivity index (χ2v) is 5.29. The van der Waals surface area contributed by atoms with E-state index in [9.17, 15) is 0 Å². The number of aryl methyl sites for hydroxylation is 2. The average molecular weight is 336 g/mol. The molecule has 104 valence electrons. The molecule has 0 unspecified atom stereocenters. The largest absolute Gasteiger partial charge is 0.367 e. The van der Waals surface area contributed by atoms with Crippen LogP contribution in [0.15, 0.2) is 23.3 Å². The lowest BCUT2D eigenvalue weighted by Gasteiger charge is -2.06. The number of fused-ring (bicyclic) bond motifs is 1. The van der Waals surface area contributed by atoms with Gasteiger partial charge in [-0.3, -0.25) is 4.68 Å². The van der Waals surface area contributed by atoms with Crippen molar-refractivity contribution >= 4 is 32.8 Å². The zero-order valence-corrected chi connectivity index (χ0v) is 12.8. The Labute approximate surface area is 124 Å². The summed E-state index contributed by atoms with van der Waals surface area (Å²) >= 11 is 3.44. The summed E-state index contributed by atoms with van der Waals surface area (Å²) in [5.41, 5.74) is 1.95. The average Bonchev–Trinajstić information content (AvgIpc) is 2.95. The van der Waals surface area contributed by atoms with Crippen LogP contribution in [0.2, 0.25) is 0 Å². The number of hydrogen-bond donors (Lipinski definition) is 1. The number of aromatic nitrogens is 6. The van der Waals surface area contributed by atoms with Crippen molar-refractivity contribution in [2.75, 3.05) is 11.9 Å². The fourth-order valence-electron chi connectivity index (χ4n) is 2.05. The molecule has 0 radical (unpaired) electrons. The van der Waals surface area contributed by atoms with Crippen molar-refractivity contribution in [2.24, 2.45) is 7.05 Å². The van der Waals surface area contributed by atoms with Crippen LogP contribution in [0.4, 0.5) is 5.82 Å². The van der Waals surface area contributed by atoms with Crippen LogP contribution >= 0.6 is 15.9 Å². The van der Waals surface area contributed by atoms with Gasteiger partial charge in [-0.1, -0.05) is 0 Å². The summed E-state index contributed by atoms with van der Waals surface area (Å²) < 4.78 is 4.37. The third kappa shape index (κ3) is 2.38. The fourth-order valence-corrected chi connectivity index (χ4v) is 2.66. The van der Waals surface area contributed by atoms with E-state index in [1.807, 2.05) is 31.0 Å². The Hall–Kier alpha value is -1.96. The molecule has 0 amide bonds. The molecule has 3 rings (SSSR count). The van der Waals surface area contributed by atoms with E-state index in [1.165, 1.54) is 6.33 Å². The maximum absolute atomic E-state index is 4.29. The van der Waals surface area contributed by atoms with Crippen LogP contribution in [-0.4, -0.2) is 36.1 Å². The molecule has 0 aliphatic carbocycles. The smallest absolute Gasteiger partial charge is 0.164 e. The number of halogens is 1. The summed E-state index contributed by atoms with van der Waals surface area (Å²) in [5, 5.41) is 12.7. The SMILES string of the molecule is Cc1cnn(CCNc2ncnc3c2c(Br)nn3C)c1. The van der Waals surface area contributed by atoms with Crippen LogP contribution < -0.4 is 5.32 Å². The molecule has 0 atom stereocenters. The highest BCUT2D eigenvalue weighted by atomic mass is 79.9.